The van der Waals surface area contributed by atoms with Gasteiger partial charge in [-0.1, -0.05) is 40.0 Å². The first-order valence-electron chi connectivity index (χ1n) is 8.37. The molecule has 0 spiro atoms. The highest BCUT2D eigenvalue weighted by Crippen LogP contribution is 2.11. The van der Waals surface area contributed by atoms with Gasteiger partial charge in [0, 0.05) is 23.7 Å². The summed E-state index contributed by atoms with van der Waals surface area (Å²) in [6, 6.07) is 5.90. The molecule has 1 N–H and O–H groups in total. The van der Waals surface area contributed by atoms with E-state index in [9.17, 15) is 4.79 Å². The lowest BCUT2D eigenvalue weighted by Crippen LogP contribution is -2.32. The number of rotatable bonds is 8. The summed E-state index contributed by atoms with van der Waals surface area (Å²) in [6.45, 7) is 7.37. The average Bonchev–Trinajstić information content (AvgIpc) is 2.50. The molecule has 0 radical (unpaired) electrons. The summed E-state index contributed by atoms with van der Waals surface area (Å²) in [4.78, 5) is 17.0. The number of pyridine rings is 2. The molecule has 0 fully saturated rings. The predicted molar refractivity (Wildman–Crippen MR) is 92.9 cm³/mol. The number of aromatic nitrogens is 2. The van der Waals surface area contributed by atoms with Gasteiger partial charge in [-0.2, -0.15) is 0 Å². The second-order valence-electron chi connectivity index (χ2n) is 6.27. The molecule has 4 nitrogen and oxygen atoms in total. The normalized spacial score (nSPS) is 11.3. The maximum absolute atomic E-state index is 12.6. The molecule has 0 amide bonds. The van der Waals surface area contributed by atoms with E-state index in [4.69, 9.17) is 0 Å². The van der Waals surface area contributed by atoms with Crippen molar-refractivity contribution in [3.05, 3.63) is 40.3 Å². The summed E-state index contributed by atoms with van der Waals surface area (Å²) in [6.07, 6.45) is 6.98. The van der Waals surface area contributed by atoms with Crippen molar-refractivity contribution >= 4 is 11.0 Å². The summed E-state index contributed by atoms with van der Waals surface area (Å²) >= 11 is 0. The highest BCUT2D eigenvalue weighted by Gasteiger charge is 2.09. The molecule has 0 aliphatic rings. The third-order valence-corrected chi connectivity index (χ3v) is 3.83. The number of unbranched alkanes of at least 4 members (excludes halogenated alkanes) is 1. The van der Waals surface area contributed by atoms with Crippen LogP contribution in [-0.4, -0.2) is 16.2 Å². The summed E-state index contributed by atoms with van der Waals surface area (Å²) in [5.74, 6) is 0.734. The third-order valence-electron chi connectivity index (χ3n) is 3.83. The number of nitrogens with one attached hydrogen (secondary N) is 1. The molecule has 0 aliphatic carbocycles. The molecule has 0 unspecified atom stereocenters. The minimum Gasteiger partial charge on any atom is -0.321 e. The zero-order chi connectivity index (χ0) is 15.9. The SMILES string of the molecule is CCCc1cc2cccnc2n(NCCCCC(C)C)c1=O. The first kappa shape index (κ1) is 16.5. The van der Waals surface area contributed by atoms with Crippen LogP contribution >= 0.6 is 0 Å². The van der Waals surface area contributed by atoms with Crippen molar-refractivity contribution in [2.45, 2.75) is 52.9 Å². The number of hydrogen-bond acceptors (Lipinski definition) is 3. The summed E-state index contributed by atoms with van der Waals surface area (Å²) in [7, 11) is 0. The molecule has 0 aliphatic heterocycles. The van der Waals surface area contributed by atoms with Crippen molar-refractivity contribution < 1.29 is 0 Å². The Balaban J connectivity index is 2.19. The monoisotopic (exact) mass is 301 g/mol. The minimum absolute atomic E-state index is 0.0388. The maximum Gasteiger partial charge on any atom is 0.274 e. The summed E-state index contributed by atoms with van der Waals surface area (Å²) in [5.41, 5.74) is 4.89. The lowest BCUT2D eigenvalue weighted by molar-refractivity contribution is 0.539. The molecule has 0 saturated carbocycles. The van der Waals surface area contributed by atoms with Crippen LogP contribution in [0.4, 0.5) is 0 Å². The van der Waals surface area contributed by atoms with Crippen LogP contribution in [0.1, 0.15) is 52.0 Å². The molecule has 0 bridgehead atoms. The second kappa shape index (κ2) is 7.97. The average molecular weight is 301 g/mol. The van der Waals surface area contributed by atoms with E-state index in [1.165, 1.54) is 12.8 Å². The fourth-order valence-electron chi connectivity index (χ4n) is 2.66. The van der Waals surface area contributed by atoms with Gasteiger partial charge in [0.15, 0.2) is 5.65 Å². The van der Waals surface area contributed by atoms with Gasteiger partial charge in [-0.15, -0.1) is 0 Å². The van der Waals surface area contributed by atoms with E-state index in [-0.39, 0.29) is 5.56 Å². The third kappa shape index (κ3) is 4.09. The number of hydrogen-bond donors (Lipinski definition) is 1. The molecule has 120 valence electrons. The Morgan fingerprint density at radius 3 is 2.86 bits per heavy atom. The van der Waals surface area contributed by atoms with Gasteiger partial charge in [0.25, 0.3) is 5.56 Å². The van der Waals surface area contributed by atoms with Crippen LogP contribution in [0, 0.1) is 5.92 Å². The predicted octanol–water partition coefficient (Wildman–Crippen LogP) is 3.72. The van der Waals surface area contributed by atoms with Crippen molar-refractivity contribution in [3.63, 3.8) is 0 Å². The van der Waals surface area contributed by atoms with Crippen LogP contribution < -0.4 is 11.0 Å². The Kier molecular flexibility index (Phi) is 5.99. The Morgan fingerprint density at radius 1 is 1.32 bits per heavy atom. The summed E-state index contributed by atoms with van der Waals surface area (Å²) < 4.78 is 1.63. The molecule has 4 heteroatoms. The van der Waals surface area contributed by atoms with E-state index in [1.54, 1.807) is 10.9 Å². The lowest BCUT2D eigenvalue weighted by Gasteiger charge is -2.14. The van der Waals surface area contributed by atoms with E-state index in [0.29, 0.717) is 0 Å². The molecule has 2 aromatic heterocycles. The Hall–Kier alpha value is -1.84. The number of fused-ring (bicyclic) bond motifs is 1. The molecule has 0 atom stereocenters. The van der Waals surface area contributed by atoms with Crippen LogP contribution in [0.25, 0.3) is 11.0 Å². The van der Waals surface area contributed by atoms with Gasteiger partial charge in [0.2, 0.25) is 0 Å². The molecular formula is C18H27N3O. The molecule has 0 aromatic carbocycles. The largest absolute Gasteiger partial charge is 0.321 e. The zero-order valence-electron chi connectivity index (χ0n) is 13.9. The molecule has 22 heavy (non-hydrogen) atoms. The van der Waals surface area contributed by atoms with Crippen molar-refractivity contribution in [2.24, 2.45) is 5.92 Å². The highest BCUT2D eigenvalue weighted by atomic mass is 16.1. The molecule has 0 saturated heterocycles. The van der Waals surface area contributed by atoms with Crippen LogP contribution in [-0.2, 0) is 6.42 Å². The second-order valence-corrected chi connectivity index (χ2v) is 6.27. The minimum atomic E-state index is 0.0388. The van der Waals surface area contributed by atoms with Crippen LogP contribution in [0.5, 0.6) is 0 Å². The highest BCUT2D eigenvalue weighted by molar-refractivity contribution is 5.75. The van der Waals surface area contributed by atoms with E-state index < -0.39 is 0 Å². The van der Waals surface area contributed by atoms with Crippen LogP contribution in [0.3, 0.4) is 0 Å². The zero-order valence-corrected chi connectivity index (χ0v) is 13.9. The molecule has 2 rings (SSSR count). The Bertz CT molecular complexity index is 661. The van der Waals surface area contributed by atoms with E-state index in [0.717, 1.165) is 48.3 Å². The van der Waals surface area contributed by atoms with E-state index in [2.05, 4.69) is 31.2 Å². The number of aryl methyl sites for hydroxylation is 1. The smallest absolute Gasteiger partial charge is 0.274 e. The van der Waals surface area contributed by atoms with Crippen molar-refractivity contribution in [1.29, 1.82) is 0 Å². The number of nitrogens with zero attached hydrogens (tertiary/aromatic N) is 2. The maximum atomic E-state index is 12.6. The quantitative estimate of drug-likeness (QED) is 0.756. The van der Waals surface area contributed by atoms with E-state index >= 15 is 0 Å². The topological polar surface area (TPSA) is 46.9 Å². The van der Waals surface area contributed by atoms with Gasteiger partial charge < -0.3 is 5.43 Å². The molecular weight excluding hydrogens is 274 g/mol. The lowest BCUT2D eigenvalue weighted by atomic mass is 10.1. The van der Waals surface area contributed by atoms with Gasteiger partial charge in [0.1, 0.15) is 0 Å². The van der Waals surface area contributed by atoms with Crippen molar-refractivity contribution in [3.8, 4) is 0 Å². The van der Waals surface area contributed by atoms with Crippen LogP contribution in [0.2, 0.25) is 0 Å². The van der Waals surface area contributed by atoms with Gasteiger partial charge in [-0.05, 0) is 37.0 Å². The van der Waals surface area contributed by atoms with Crippen LogP contribution in [0.15, 0.2) is 29.2 Å². The fraction of sp³-hybridized carbons (Fsp3) is 0.556. The van der Waals surface area contributed by atoms with Gasteiger partial charge in [0.05, 0.1) is 0 Å². The fourth-order valence-corrected chi connectivity index (χ4v) is 2.66. The first-order chi connectivity index (χ1) is 10.6. The van der Waals surface area contributed by atoms with Gasteiger partial charge in [-0.25, -0.2) is 9.66 Å². The molecule has 2 aromatic rings. The first-order valence-corrected chi connectivity index (χ1v) is 8.37. The van der Waals surface area contributed by atoms with Gasteiger partial charge in [-0.3, -0.25) is 4.79 Å². The van der Waals surface area contributed by atoms with Gasteiger partial charge >= 0.3 is 0 Å². The Labute approximate surface area is 132 Å². The van der Waals surface area contributed by atoms with E-state index in [1.807, 2.05) is 18.2 Å². The summed E-state index contributed by atoms with van der Waals surface area (Å²) in [5, 5.41) is 1.01. The van der Waals surface area contributed by atoms with Crippen molar-refractivity contribution in [2.75, 3.05) is 12.0 Å². The molecule has 2 heterocycles. The van der Waals surface area contributed by atoms with Crippen molar-refractivity contribution in [1.82, 2.24) is 9.66 Å². The standard InChI is InChI=1S/C18H27N3O/c1-4-8-16-13-15-10-7-11-19-17(15)21(18(16)22)20-12-6-5-9-14(2)3/h7,10-11,13-14,20H,4-6,8-9,12H2,1-3H3. The Morgan fingerprint density at radius 2 is 2.14 bits per heavy atom.